The van der Waals surface area contributed by atoms with Crippen LogP contribution in [0.3, 0.4) is 0 Å². The highest BCUT2D eigenvalue weighted by Crippen LogP contribution is 2.13. The molecule has 0 fully saturated rings. The fourth-order valence-electron chi connectivity index (χ4n) is 2.35. The molecule has 0 bridgehead atoms. The van der Waals surface area contributed by atoms with Crippen molar-refractivity contribution in [3.8, 4) is 0 Å². The molecule has 0 saturated carbocycles. The van der Waals surface area contributed by atoms with Crippen LogP contribution >= 0.6 is 0 Å². The van der Waals surface area contributed by atoms with Gasteiger partial charge in [-0.3, -0.25) is 9.59 Å². The third-order valence-electron chi connectivity index (χ3n) is 3.47. The number of amides is 1. The molecular weight excluding hydrogens is 294 g/mol. The Morgan fingerprint density at radius 2 is 1.91 bits per heavy atom. The van der Waals surface area contributed by atoms with Crippen LogP contribution in [0.5, 0.6) is 0 Å². The van der Waals surface area contributed by atoms with Crippen molar-refractivity contribution in [1.29, 1.82) is 0 Å². The van der Waals surface area contributed by atoms with E-state index in [1.165, 1.54) is 4.68 Å². The first-order chi connectivity index (χ1) is 10.9. The number of aromatic nitrogens is 2. The predicted octanol–water partition coefficient (Wildman–Crippen LogP) is 1.55. The number of rotatable bonds is 6. The Labute approximate surface area is 135 Å². The van der Waals surface area contributed by atoms with Crippen molar-refractivity contribution < 1.29 is 9.90 Å². The quantitative estimate of drug-likeness (QED) is 0.846. The molecule has 23 heavy (non-hydrogen) atoms. The van der Waals surface area contributed by atoms with Gasteiger partial charge in [0, 0.05) is 18.5 Å². The Hall–Kier alpha value is -2.21. The van der Waals surface area contributed by atoms with Gasteiger partial charge in [-0.2, -0.15) is 5.10 Å². The Bertz CT molecular complexity index is 750. The molecule has 0 saturated heterocycles. The van der Waals surface area contributed by atoms with Crippen molar-refractivity contribution >= 4 is 16.7 Å². The molecule has 6 heteroatoms. The fraction of sp³-hybridized carbons (Fsp3) is 0.471. The average Bonchev–Trinajstić information content (AvgIpc) is 2.49. The van der Waals surface area contributed by atoms with Gasteiger partial charge in [-0.25, -0.2) is 4.68 Å². The fourth-order valence-corrected chi connectivity index (χ4v) is 2.35. The monoisotopic (exact) mass is 317 g/mol. The summed E-state index contributed by atoms with van der Waals surface area (Å²) in [5.74, 6) is -0.0909. The Kier molecular flexibility index (Phi) is 5.50. The first-order valence-corrected chi connectivity index (χ1v) is 7.86. The molecule has 2 rings (SSSR count). The normalized spacial score (nSPS) is 12.6. The molecule has 0 aliphatic heterocycles. The maximum atomic E-state index is 12.5. The average molecular weight is 317 g/mol. The minimum Gasteiger partial charge on any atom is -0.393 e. The highest BCUT2D eigenvalue weighted by molar-refractivity contribution is 6.04. The lowest BCUT2D eigenvalue weighted by Gasteiger charge is -2.13. The molecule has 1 unspecified atom stereocenters. The molecule has 6 nitrogen and oxygen atoms in total. The summed E-state index contributed by atoms with van der Waals surface area (Å²) in [5.41, 5.74) is 0.0567. The smallest absolute Gasteiger partial charge is 0.274 e. The summed E-state index contributed by atoms with van der Waals surface area (Å²) in [6, 6.07) is 7.00. The second-order valence-corrected chi connectivity index (χ2v) is 6.17. The van der Waals surface area contributed by atoms with Crippen LogP contribution in [-0.4, -0.2) is 33.4 Å². The van der Waals surface area contributed by atoms with E-state index in [-0.39, 0.29) is 23.1 Å². The number of aliphatic hydroxyl groups excluding tert-OH is 1. The molecule has 1 aromatic carbocycles. The van der Waals surface area contributed by atoms with Gasteiger partial charge in [0.1, 0.15) is 0 Å². The van der Waals surface area contributed by atoms with Crippen molar-refractivity contribution in [1.82, 2.24) is 15.1 Å². The van der Waals surface area contributed by atoms with Crippen LogP contribution in [0, 0.1) is 5.92 Å². The van der Waals surface area contributed by atoms with E-state index in [2.05, 4.69) is 10.4 Å². The van der Waals surface area contributed by atoms with Crippen molar-refractivity contribution in [2.24, 2.45) is 5.92 Å². The van der Waals surface area contributed by atoms with Gasteiger partial charge in [-0.1, -0.05) is 32.0 Å². The second kappa shape index (κ2) is 7.37. The van der Waals surface area contributed by atoms with Crippen LogP contribution in [0.15, 0.2) is 29.1 Å². The Morgan fingerprint density at radius 1 is 1.26 bits per heavy atom. The van der Waals surface area contributed by atoms with E-state index in [1.54, 1.807) is 31.2 Å². The van der Waals surface area contributed by atoms with E-state index in [9.17, 15) is 14.7 Å². The molecule has 0 aliphatic carbocycles. The molecule has 1 aromatic heterocycles. The van der Waals surface area contributed by atoms with Gasteiger partial charge in [0.2, 0.25) is 0 Å². The van der Waals surface area contributed by atoms with E-state index in [0.717, 1.165) is 0 Å². The van der Waals surface area contributed by atoms with Crippen LogP contribution in [0.2, 0.25) is 0 Å². The first kappa shape index (κ1) is 17.1. The zero-order valence-electron chi connectivity index (χ0n) is 13.7. The van der Waals surface area contributed by atoms with Crippen molar-refractivity contribution in [3.05, 3.63) is 40.3 Å². The number of hydrogen-bond donors (Lipinski definition) is 2. The van der Waals surface area contributed by atoms with Crippen LogP contribution in [0.25, 0.3) is 10.8 Å². The van der Waals surface area contributed by atoms with Gasteiger partial charge in [0.25, 0.3) is 11.5 Å². The molecule has 2 N–H and O–H groups in total. The van der Waals surface area contributed by atoms with E-state index >= 15 is 0 Å². The minimum atomic E-state index is -0.477. The Morgan fingerprint density at radius 3 is 2.52 bits per heavy atom. The number of carbonyl (C=O) groups is 1. The van der Waals surface area contributed by atoms with Crippen molar-refractivity contribution in [3.63, 3.8) is 0 Å². The lowest BCUT2D eigenvalue weighted by molar-refractivity contribution is 0.0939. The highest BCUT2D eigenvalue weighted by atomic mass is 16.3. The number of benzene rings is 1. The molecular formula is C17H23N3O3. The zero-order valence-corrected chi connectivity index (χ0v) is 13.7. The number of carbonyl (C=O) groups excluding carboxylic acids is 1. The van der Waals surface area contributed by atoms with E-state index in [0.29, 0.717) is 30.3 Å². The largest absolute Gasteiger partial charge is 0.393 e. The molecule has 1 amide bonds. The maximum absolute atomic E-state index is 12.5. The first-order valence-electron chi connectivity index (χ1n) is 7.86. The van der Waals surface area contributed by atoms with Crippen molar-refractivity contribution in [2.45, 2.75) is 39.8 Å². The molecule has 1 atom stereocenters. The predicted molar refractivity (Wildman–Crippen MR) is 89.5 cm³/mol. The molecule has 0 radical (unpaired) electrons. The van der Waals surface area contributed by atoms with Gasteiger partial charge in [0.05, 0.1) is 11.5 Å². The summed E-state index contributed by atoms with van der Waals surface area (Å²) in [6.07, 6.45) is -0.00938. The summed E-state index contributed by atoms with van der Waals surface area (Å²) in [7, 11) is 0. The molecule has 0 spiro atoms. The third kappa shape index (κ3) is 4.16. The zero-order chi connectivity index (χ0) is 17.0. The van der Waals surface area contributed by atoms with Crippen molar-refractivity contribution in [2.75, 3.05) is 6.54 Å². The Balaban J connectivity index is 2.43. The summed E-state index contributed by atoms with van der Waals surface area (Å²) in [6.45, 7) is 6.47. The van der Waals surface area contributed by atoms with E-state index in [4.69, 9.17) is 0 Å². The molecule has 0 aliphatic rings. The van der Waals surface area contributed by atoms with Gasteiger partial charge < -0.3 is 10.4 Å². The SMILES string of the molecule is CC(C)Cn1nc(C(=O)NCCC(C)O)c2ccccc2c1=O. The number of nitrogens with one attached hydrogen (secondary N) is 1. The van der Waals surface area contributed by atoms with Gasteiger partial charge in [-0.15, -0.1) is 0 Å². The number of fused-ring (bicyclic) bond motifs is 1. The van der Waals surface area contributed by atoms with Crippen LogP contribution < -0.4 is 10.9 Å². The van der Waals surface area contributed by atoms with Crippen LogP contribution in [-0.2, 0) is 6.54 Å². The van der Waals surface area contributed by atoms with Gasteiger partial charge >= 0.3 is 0 Å². The lowest BCUT2D eigenvalue weighted by Crippen LogP contribution is -2.32. The number of nitrogens with zero attached hydrogens (tertiary/aromatic N) is 2. The standard InChI is InChI=1S/C17H23N3O3/c1-11(2)10-20-17(23)14-7-5-4-6-13(14)15(19-20)16(22)18-9-8-12(3)21/h4-7,11-12,21H,8-10H2,1-3H3,(H,18,22). The number of aliphatic hydroxyl groups is 1. The molecule has 124 valence electrons. The highest BCUT2D eigenvalue weighted by Gasteiger charge is 2.16. The van der Waals surface area contributed by atoms with Crippen LogP contribution in [0.1, 0.15) is 37.7 Å². The second-order valence-electron chi connectivity index (χ2n) is 6.17. The maximum Gasteiger partial charge on any atom is 0.274 e. The molecule has 1 heterocycles. The summed E-state index contributed by atoms with van der Waals surface area (Å²) >= 11 is 0. The molecule has 2 aromatic rings. The van der Waals surface area contributed by atoms with Crippen LogP contribution in [0.4, 0.5) is 0 Å². The van der Waals surface area contributed by atoms with E-state index in [1.807, 2.05) is 13.8 Å². The number of hydrogen-bond acceptors (Lipinski definition) is 4. The van der Waals surface area contributed by atoms with Gasteiger partial charge in [-0.05, 0) is 25.3 Å². The van der Waals surface area contributed by atoms with Gasteiger partial charge in [0.15, 0.2) is 5.69 Å². The summed E-state index contributed by atoms with van der Waals surface area (Å²) in [5, 5.41) is 17.3. The van der Waals surface area contributed by atoms with E-state index < -0.39 is 6.10 Å². The summed E-state index contributed by atoms with van der Waals surface area (Å²) < 4.78 is 1.36. The lowest BCUT2D eigenvalue weighted by atomic mass is 10.1. The third-order valence-corrected chi connectivity index (χ3v) is 3.47. The summed E-state index contributed by atoms with van der Waals surface area (Å²) in [4.78, 5) is 24.9. The minimum absolute atomic E-state index is 0.185. The topological polar surface area (TPSA) is 84.2 Å².